The summed E-state index contributed by atoms with van der Waals surface area (Å²) in [5.41, 5.74) is 4.82. The maximum atomic E-state index is 12.0. The van der Waals surface area contributed by atoms with Crippen LogP contribution in [0.4, 0.5) is 0 Å². The monoisotopic (exact) mass is 311 g/mol. The summed E-state index contributed by atoms with van der Waals surface area (Å²) >= 11 is 0. The molecule has 0 fully saturated rings. The van der Waals surface area contributed by atoms with E-state index < -0.39 is 0 Å². The van der Waals surface area contributed by atoms with Crippen LogP contribution in [0.25, 0.3) is 0 Å². The van der Waals surface area contributed by atoms with Crippen LogP contribution in [0.3, 0.4) is 0 Å². The van der Waals surface area contributed by atoms with Crippen molar-refractivity contribution in [3.05, 3.63) is 64.7 Å². The standard InChI is InChI=1S/C20H25NO2/c1-4-23-19-7-5-6-18(13-19)14-21-20(22)11-10-17-9-8-15(2)16(3)12-17/h5-9,12-13H,4,10-11,14H2,1-3H3,(H,21,22). The van der Waals surface area contributed by atoms with Gasteiger partial charge < -0.3 is 10.1 Å². The van der Waals surface area contributed by atoms with Crippen LogP contribution in [0.2, 0.25) is 0 Å². The number of benzene rings is 2. The van der Waals surface area contributed by atoms with Crippen LogP contribution in [-0.4, -0.2) is 12.5 Å². The summed E-state index contributed by atoms with van der Waals surface area (Å²) in [6.45, 7) is 7.34. The molecular weight excluding hydrogens is 286 g/mol. The second-order valence-corrected chi connectivity index (χ2v) is 5.78. The van der Waals surface area contributed by atoms with Gasteiger partial charge in [-0.1, -0.05) is 30.3 Å². The van der Waals surface area contributed by atoms with Crippen LogP contribution < -0.4 is 10.1 Å². The van der Waals surface area contributed by atoms with Crippen LogP contribution in [0.15, 0.2) is 42.5 Å². The van der Waals surface area contributed by atoms with Gasteiger partial charge in [0.05, 0.1) is 6.61 Å². The van der Waals surface area contributed by atoms with E-state index in [1.54, 1.807) is 0 Å². The van der Waals surface area contributed by atoms with Crippen LogP contribution in [0, 0.1) is 13.8 Å². The van der Waals surface area contributed by atoms with E-state index in [0.717, 1.165) is 17.7 Å². The van der Waals surface area contributed by atoms with Gasteiger partial charge in [0.25, 0.3) is 0 Å². The van der Waals surface area contributed by atoms with E-state index in [1.165, 1.54) is 16.7 Å². The number of carbonyl (C=O) groups excluding carboxylic acids is 1. The lowest BCUT2D eigenvalue weighted by Gasteiger charge is -2.08. The van der Waals surface area contributed by atoms with Gasteiger partial charge in [0.2, 0.25) is 5.91 Å². The van der Waals surface area contributed by atoms with Gasteiger partial charge in [-0.05, 0) is 61.6 Å². The molecule has 1 amide bonds. The number of ether oxygens (including phenoxy) is 1. The Morgan fingerprint density at radius 2 is 1.87 bits per heavy atom. The largest absolute Gasteiger partial charge is 0.494 e. The molecule has 0 radical (unpaired) electrons. The van der Waals surface area contributed by atoms with Crippen LogP contribution in [-0.2, 0) is 17.8 Å². The Morgan fingerprint density at radius 3 is 2.61 bits per heavy atom. The van der Waals surface area contributed by atoms with Gasteiger partial charge in [0.15, 0.2) is 0 Å². The van der Waals surface area contributed by atoms with E-state index in [9.17, 15) is 4.79 Å². The molecule has 0 heterocycles. The van der Waals surface area contributed by atoms with Gasteiger partial charge in [-0.15, -0.1) is 0 Å². The van der Waals surface area contributed by atoms with Crippen molar-refractivity contribution in [2.24, 2.45) is 0 Å². The van der Waals surface area contributed by atoms with E-state index in [4.69, 9.17) is 4.74 Å². The van der Waals surface area contributed by atoms with Crippen molar-refractivity contribution in [1.82, 2.24) is 5.32 Å². The molecule has 0 spiro atoms. The maximum absolute atomic E-state index is 12.0. The average molecular weight is 311 g/mol. The van der Waals surface area contributed by atoms with Crippen molar-refractivity contribution in [2.45, 2.75) is 40.2 Å². The summed E-state index contributed by atoms with van der Waals surface area (Å²) in [5, 5.41) is 2.97. The Balaban J connectivity index is 1.80. The zero-order valence-electron chi connectivity index (χ0n) is 14.2. The zero-order valence-corrected chi connectivity index (χ0v) is 14.2. The lowest BCUT2D eigenvalue weighted by atomic mass is 10.0. The number of nitrogens with one attached hydrogen (secondary N) is 1. The number of aryl methyl sites for hydroxylation is 3. The number of rotatable bonds is 7. The van der Waals surface area contributed by atoms with Crippen molar-refractivity contribution in [3.63, 3.8) is 0 Å². The third kappa shape index (κ3) is 5.44. The Bertz CT molecular complexity index is 664. The normalized spacial score (nSPS) is 10.4. The Morgan fingerprint density at radius 1 is 1.04 bits per heavy atom. The molecule has 1 N–H and O–H groups in total. The highest BCUT2D eigenvalue weighted by Crippen LogP contribution is 2.14. The quantitative estimate of drug-likeness (QED) is 0.841. The molecule has 0 aliphatic rings. The highest BCUT2D eigenvalue weighted by Gasteiger charge is 2.04. The van der Waals surface area contributed by atoms with Crippen molar-refractivity contribution in [3.8, 4) is 5.75 Å². The van der Waals surface area contributed by atoms with E-state index in [0.29, 0.717) is 19.6 Å². The van der Waals surface area contributed by atoms with Gasteiger partial charge >= 0.3 is 0 Å². The molecule has 0 atom stereocenters. The summed E-state index contributed by atoms with van der Waals surface area (Å²) in [4.78, 5) is 12.0. The third-order valence-corrected chi connectivity index (χ3v) is 3.91. The van der Waals surface area contributed by atoms with E-state index in [-0.39, 0.29) is 5.91 Å². The predicted molar refractivity (Wildman–Crippen MR) is 93.7 cm³/mol. The molecule has 2 aromatic carbocycles. The minimum Gasteiger partial charge on any atom is -0.494 e. The third-order valence-electron chi connectivity index (χ3n) is 3.91. The van der Waals surface area contributed by atoms with Crippen LogP contribution in [0.5, 0.6) is 5.75 Å². The van der Waals surface area contributed by atoms with Crippen molar-refractivity contribution < 1.29 is 9.53 Å². The zero-order chi connectivity index (χ0) is 16.7. The van der Waals surface area contributed by atoms with E-state index in [1.807, 2.05) is 31.2 Å². The van der Waals surface area contributed by atoms with E-state index in [2.05, 4.69) is 37.4 Å². The maximum Gasteiger partial charge on any atom is 0.220 e. The number of hydrogen-bond acceptors (Lipinski definition) is 2. The first-order valence-electron chi connectivity index (χ1n) is 8.13. The first-order valence-corrected chi connectivity index (χ1v) is 8.13. The molecule has 0 unspecified atom stereocenters. The molecule has 0 aliphatic carbocycles. The summed E-state index contributed by atoms with van der Waals surface area (Å²) in [6.07, 6.45) is 1.28. The van der Waals surface area contributed by atoms with Gasteiger partial charge in [0, 0.05) is 13.0 Å². The molecule has 2 aromatic rings. The SMILES string of the molecule is CCOc1cccc(CNC(=O)CCc2ccc(C)c(C)c2)c1. The highest BCUT2D eigenvalue weighted by molar-refractivity contribution is 5.76. The summed E-state index contributed by atoms with van der Waals surface area (Å²) in [5.74, 6) is 0.916. The summed E-state index contributed by atoms with van der Waals surface area (Å²) < 4.78 is 5.47. The summed E-state index contributed by atoms with van der Waals surface area (Å²) in [7, 11) is 0. The fourth-order valence-electron chi connectivity index (χ4n) is 2.42. The molecule has 0 saturated carbocycles. The summed E-state index contributed by atoms with van der Waals surface area (Å²) in [6, 6.07) is 14.2. The van der Waals surface area contributed by atoms with Crippen molar-refractivity contribution >= 4 is 5.91 Å². The molecule has 0 aliphatic heterocycles. The first-order chi connectivity index (χ1) is 11.1. The minimum atomic E-state index is 0.0741. The topological polar surface area (TPSA) is 38.3 Å². The smallest absolute Gasteiger partial charge is 0.220 e. The molecule has 3 heteroatoms. The van der Waals surface area contributed by atoms with Crippen LogP contribution in [0.1, 0.15) is 35.6 Å². The molecule has 122 valence electrons. The van der Waals surface area contributed by atoms with Gasteiger partial charge in [-0.3, -0.25) is 4.79 Å². The lowest BCUT2D eigenvalue weighted by Crippen LogP contribution is -2.23. The average Bonchev–Trinajstić information content (AvgIpc) is 2.55. The van der Waals surface area contributed by atoms with Crippen LogP contribution >= 0.6 is 0 Å². The number of amides is 1. The number of hydrogen-bond donors (Lipinski definition) is 1. The molecule has 3 nitrogen and oxygen atoms in total. The van der Waals surface area contributed by atoms with E-state index >= 15 is 0 Å². The fraction of sp³-hybridized carbons (Fsp3) is 0.350. The second kappa shape index (κ2) is 8.37. The Labute approximate surface area is 138 Å². The van der Waals surface area contributed by atoms with Gasteiger partial charge in [0.1, 0.15) is 5.75 Å². The fourth-order valence-corrected chi connectivity index (χ4v) is 2.42. The Kier molecular flexibility index (Phi) is 6.21. The second-order valence-electron chi connectivity index (χ2n) is 5.78. The predicted octanol–water partition coefficient (Wildman–Crippen LogP) is 3.95. The Hall–Kier alpha value is -2.29. The first kappa shape index (κ1) is 17.1. The molecule has 0 aromatic heterocycles. The molecular formula is C20H25NO2. The molecule has 0 bridgehead atoms. The van der Waals surface area contributed by atoms with Gasteiger partial charge in [-0.25, -0.2) is 0 Å². The van der Waals surface area contributed by atoms with Crippen molar-refractivity contribution in [2.75, 3.05) is 6.61 Å². The number of carbonyl (C=O) groups is 1. The molecule has 2 rings (SSSR count). The van der Waals surface area contributed by atoms with Gasteiger partial charge in [-0.2, -0.15) is 0 Å². The highest BCUT2D eigenvalue weighted by atomic mass is 16.5. The molecule has 23 heavy (non-hydrogen) atoms. The van der Waals surface area contributed by atoms with Crippen molar-refractivity contribution in [1.29, 1.82) is 0 Å². The lowest BCUT2D eigenvalue weighted by molar-refractivity contribution is -0.121. The minimum absolute atomic E-state index is 0.0741. The molecule has 0 saturated heterocycles.